The maximum absolute atomic E-state index is 11.3. The van der Waals surface area contributed by atoms with Crippen LogP contribution in [0.5, 0.6) is 17.2 Å². The third-order valence-corrected chi connectivity index (χ3v) is 12.4. The lowest BCUT2D eigenvalue weighted by Crippen LogP contribution is -2.21. The van der Waals surface area contributed by atoms with Crippen molar-refractivity contribution in [1.82, 2.24) is 0 Å². The SMILES string of the molecule is CCCCCCc1c(CC)ccc(CN=N[Si](C)(N=NCc2ccc(CC)c(CCCCCC)c2O)N=NCc2ccc(CC)c(CCCCCC)c2O)c1O. The summed E-state index contributed by atoms with van der Waals surface area (Å²) in [5.41, 5.74) is 8.69. The van der Waals surface area contributed by atoms with Gasteiger partial charge in [0.25, 0.3) is 0 Å². The molecule has 0 unspecified atom stereocenters. The van der Waals surface area contributed by atoms with Gasteiger partial charge in [-0.3, -0.25) is 0 Å². The van der Waals surface area contributed by atoms with E-state index >= 15 is 0 Å². The molecule has 0 aliphatic rings. The molecule has 10 heteroatoms. The number of benzene rings is 3. The lowest BCUT2D eigenvalue weighted by molar-refractivity contribution is 0.457. The van der Waals surface area contributed by atoms with Crippen LogP contribution in [0.3, 0.4) is 0 Å². The normalized spacial score (nSPS) is 13.1. The quantitative estimate of drug-likeness (QED) is 0.0403. The van der Waals surface area contributed by atoms with Crippen molar-refractivity contribution in [2.24, 2.45) is 29.7 Å². The highest BCUT2D eigenvalue weighted by atomic mass is 28.4. The zero-order valence-electron chi connectivity index (χ0n) is 35.8. The average Bonchev–Trinajstić information content (AvgIpc) is 3.20. The molecule has 0 heterocycles. The molecule has 3 aromatic carbocycles. The molecule has 0 aliphatic carbocycles. The Kier molecular flexibility index (Phi) is 21.0. The lowest BCUT2D eigenvalue weighted by atomic mass is 9.95. The van der Waals surface area contributed by atoms with E-state index in [9.17, 15) is 15.3 Å². The Hall–Kier alpha value is -3.92. The smallest absolute Gasteiger partial charge is 0.488 e. The second kappa shape index (κ2) is 25.4. The molecule has 3 aromatic rings. The van der Waals surface area contributed by atoms with Gasteiger partial charge in [-0.25, -0.2) is 0 Å². The van der Waals surface area contributed by atoms with Crippen molar-refractivity contribution in [3.63, 3.8) is 0 Å². The topological polar surface area (TPSA) is 135 Å². The maximum Gasteiger partial charge on any atom is 0.488 e. The van der Waals surface area contributed by atoms with Crippen LogP contribution >= 0.6 is 0 Å². The molecule has 0 spiro atoms. The first-order chi connectivity index (χ1) is 27.2. The van der Waals surface area contributed by atoms with E-state index in [1.807, 2.05) is 24.7 Å². The van der Waals surface area contributed by atoms with Crippen LogP contribution in [0, 0.1) is 0 Å². The van der Waals surface area contributed by atoms with E-state index in [-0.39, 0.29) is 19.6 Å². The Morgan fingerprint density at radius 2 is 0.661 bits per heavy atom. The summed E-state index contributed by atoms with van der Waals surface area (Å²) in [6.45, 7) is 15.4. The number of aromatic hydroxyl groups is 3. The first kappa shape index (κ1) is 46.5. The first-order valence-electron chi connectivity index (χ1n) is 21.8. The number of aryl methyl sites for hydroxylation is 3. The number of rotatable bonds is 27. The van der Waals surface area contributed by atoms with Gasteiger partial charge in [0.2, 0.25) is 0 Å². The van der Waals surface area contributed by atoms with Crippen molar-refractivity contribution in [1.29, 1.82) is 0 Å². The summed E-state index contributed by atoms with van der Waals surface area (Å²) < 4.78 is 14.0. The van der Waals surface area contributed by atoms with Crippen molar-refractivity contribution in [2.45, 2.75) is 183 Å². The Morgan fingerprint density at radius 1 is 0.393 bits per heavy atom. The molecule has 308 valence electrons. The van der Waals surface area contributed by atoms with E-state index in [1.165, 1.54) is 55.2 Å². The van der Waals surface area contributed by atoms with Crippen LogP contribution in [0.15, 0.2) is 66.1 Å². The molecular weight excluding hydrogens is 713 g/mol. The van der Waals surface area contributed by atoms with Crippen LogP contribution in [-0.4, -0.2) is 23.9 Å². The van der Waals surface area contributed by atoms with E-state index in [1.54, 1.807) is 0 Å². The number of unbranched alkanes of at least 4 members (excludes halogenated alkanes) is 9. The van der Waals surface area contributed by atoms with Crippen LogP contribution in [0.25, 0.3) is 0 Å². The summed E-state index contributed by atoms with van der Waals surface area (Å²) in [7, 11) is -3.32. The van der Waals surface area contributed by atoms with E-state index in [4.69, 9.17) is 0 Å². The minimum Gasteiger partial charge on any atom is -0.507 e. The number of phenols is 3. The number of phenolic OH excluding ortho intramolecular Hbond substituents is 3. The molecule has 0 fully saturated rings. The Bertz CT molecular complexity index is 1530. The van der Waals surface area contributed by atoms with Crippen LogP contribution in [-0.2, 0) is 58.2 Å². The molecule has 3 N–H and O–H groups in total. The Morgan fingerprint density at radius 3 is 0.911 bits per heavy atom. The van der Waals surface area contributed by atoms with E-state index in [0.717, 1.165) is 110 Å². The molecular formula is C46H72N6O3Si. The number of hydrogen-bond acceptors (Lipinski definition) is 9. The molecule has 0 saturated carbocycles. The average molecular weight is 785 g/mol. The van der Waals surface area contributed by atoms with Crippen LogP contribution < -0.4 is 0 Å². The standard InChI is InChI=1S/C46H72N6O3Si/c1-8-14-17-20-23-41-35(11-4)26-29-38(44(41)53)32-47-50-56(7,51-48-33-39-30-27-36(12-5)42(45(39)54)24-21-18-15-9-2)52-49-34-40-31-28-37(13-6)43(46(40)55)25-22-19-16-10-3/h26-31,53-55H,8-25,32-34H2,1-7H3. The highest BCUT2D eigenvalue weighted by Crippen LogP contribution is 2.32. The minimum absolute atomic E-state index is 0.187. The van der Waals surface area contributed by atoms with Crippen molar-refractivity contribution >= 4 is 8.56 Å². The number of nitrogens with zero attached hydrogens (tertiary/aromatic N) is 6. The maximum atomic E-state index is 11.3. The fourth-order valence-electron chi connectivity index (χ4n) is 7.38. The van der Waals surface area contributed by atoms with E-state index in [2.05, 4.69) is 89.4 Å². The van der Waals surface area contributed by atoms with Gasteiger partial charge >= 0.3 is 8.56 Å². The van der Waals surface area contributed by atoms with Crippen LogP contribution in [0.2, 0.25) is 6.55 Å². The van der Waals surface area contributed by atoms with Crippen molar-refractivity contribution in [3.05, 3.63) is 86.5 Å². The molecule has 0 atom stereocenters. The summed E-state index contributed by atoms with van der Waals surface area (Å²) >= 11 is 0. The van der Waals surface area contributed by atoms with Crippen molar-refractivity contribution in [3.8, 4) is 17.2 Å². The summed E-state index contributed by atoms with van der Waals surface area (Å²) in [6.07, 6.45) is 18.7. The third-order valence-electron chi connectivity index (χ3n) is 10.9. The van der Waals surface area contributed by atoms with Gasteiger partial charge in [0.15, 0.2) is 0 Å². The summed E-state index contributed by atoms with van der Waals surface area (Å²) in [5, 5.41) is 47.7. The van der Waals surface area contributed by atoms with E-state index in [0.29, 0.717) is 17.2 Å². The fraction of sp³-hybridized carbons (Fsp3) is 0.609. The predicted molar refractivity (Wildman–Crippen MR) is 233 cm³/mol. The summed E-state index contributed by atoms with van der Waals surface area (Å²) in [6, 6.07) is 12.1. The molecule has 56 heavy (non-hydrogen) atoms. The first-order valence-corrected chi connectivity index (χ1v) is 24.1. The second-order valence-electron chi connectivity index (χ2n) is 15.3. The van der Waals surface area contributed by atoms with Gasteiger partial charge < -0.3 is 15.3 Å². The Balaban J connectivity index is 1.91. The molecule has 0 amide bonds. The molecule has 0 saturated heterocycles. The van der Waals surface area contributed by atoms with Gasteiger partial charge in [-0.2, -0.15) is 29.7 Å². The molecule has 9 nitrogen and oxygen atoms in total. The van der Waals surface area contributed by atoms with Crippen molar-refractivity contribution in [2.75, 3.05) is 0 Å². The van der Waals surface area contributed by atoms with Gasteiger partial charge in [0, 0.05) is 16.7 Å². The highest BCUT2D eigenvalue weighted by Gasteiger charge is 2.30. The molecule has 3 rings (SSSR count). The molecule has 0 aliphatic heterocycles. The van der Waals surface area contributed by atoms with E-state index < -0.39 is 8.56 Å². The fourth-order valence-corrected chi connectivity index (χ4v) is 8.51. The molecule has 0 bridgehead atoms. The van der Waals surface area contributed by atoms with Gasteiger partial charge in [-0.1, -0.05) is 136 Å². The number of hydrogen-bond donors (Lipinski definition) is 3. The van der Waals surface area contributed by atoms with Crippen LogP contribution in [0.4, 0.5) is 0 Å². The zero-order chi connectivity index (χ0) is 40.8. The van der Waals surface area contributed by atoms with Gasteiger partial charge in [0.1, 0.15) is 17.2 Å². The monoisotopic (exact) mass is 785 g/mol. The van der Waals surface area contributed by atoms with Crippen molar-refractivity contribution < 1.29 is 15.3 Å². The largest absolute Gasteiger partial charge is 0.507 e. The summed E-state index contributed by atoms with van der Waals surface area (Å²) in [5.74, 6) is 0.915. The molecule has 0 radical (unpaired) electrons. The minimum atomic E-state index is -3.32. The lowest BCUT2D eigenvalue weighted by Gasteiger charge is -2.14. The zero-order valence-corrected chi connectivity index (χ0v) is 36.8. The van der Waals surface area contributed by atoms with Crippen LogP contribution in [0.1, 0.15) is 169 Å². The Labute approximate surface area is 339 Å². The van der Waals surface area contributed by atoms with Gasteiger partial charge in [-0.15, -0.1) is 0 Å². The predicted octanol–water partition coefficient (Wildman–Crippen LogP) is 13.7. The second-order valence-corrected chi connectivity index (χ2v) is 17.8. The van der Waals surface area contributed by atoms with Gasteiger partial charge in [-0.05, 0) is 97.7 Å². The highest BCUT2D eigenvalue weighted by molar-refractivity contribution is 6.72. The third kappa shape index (κ3) is 14.2. The summed E-state index contributed by atoms with van der Waals surface area (Å²) in [4.78, 5) is 0. The molecule has 0 aromatic heterocycles. The van der Waals surface area contributed by atoms with Gasteiger partial charge in [0.05, 0.1) is 19.6 Å².